The Morgan fingerprint density at radius 2 is 1.00 bits per heavy atom. The molecule has 33 valence electrons. The fraction of sp³-hybridized carbons (Fsp3) is 0. The van der Waals surface area contributed by atoms with Crippen molar-refractivity contribution in [3.63, 3.8) is 0 Å². The molecule has 0 N–H and O–H groups in total. The van der Waals surface area contributed by atoms with Gasteiger partial charge in [-0.15, -0.1) is 0 Å². The van der Waals surface area contributed by atoms with Crippen molar-refractivity contribution < 1.29 is 19.9 Å². The normalized spacial score (nSPS) is 0.667. The maximum Gasteiger partial charge on any atom is 2.00 e. The maximum absolute atomic E-state index is 6.25. The Morgan fingerprint density at radius 3 is 1.00 bits per heavy atom. The van der Waals surface area contributed by atoms with Crippen molar-refractivity contribution in [1.29, 1.82) is 10.5 Å². The third-order valence-electron chi connectivity index (χ3n) is 0. The summed E-state index contributed by atoms with van der Waals surface area (Å²) in [7, 11) is 0. The van der Waals surface area contributed by atoms with Crippen molar-refractivity contribution in [2.24, 2.45) is 0 Å². The molecule has 0 aromatic heterocycles. The Balaban J connectivity index is -0.00000000167. The molecule has 0 unspecified atom stereocenters. The summed E-state index contributed by atoms with van der Waals surface area (Å²) < 4.78 is 0. The van der Waals surface area contributed by atoms with Gasteiger partial charge < -0.3 is 26.5 Å². The van der Waals surface area contributed by atoms with Gasteiger partial charge in [0, 0.05) is 0 Å². The molecular formula is C2H2BeCuN2. The van der Waals surface area contributed by atoms with E-state index in [1.807, 2.05) is 0 Å². The third-order valence-corrected chi connectivity index (χ3v) is 0. The van der Waals surface area contributed by atoms with E-state index < -0.39 is 0 Å². The average molecular weight is 127 g/mol. The third kappa shape index (κ3) is 237. The second kappa shape index (κ2) is 571. The molecule has 0 aromatic rings. The van der Waals surface area contributed by atoms with E-state index in [1.54, 1.807) is 0 Å². The first-order valence-electron chi connectivity index (χ1n) is 0.447. The molecule has 0 rings (SSSR count). The molecule has 0 aliphatic rings. The van der Waals surface area contributed by atoms with Crippen LogP contribution >= 0.6 is 0 Å². The monoisotopic (exact) mass is 126 g/mol. The van der Waals surface area contributed by atoms with Crippen LogP contribution in [-0.2, 0) is 17.1 Å². The van der Waals surface area contributed by atoms with Crippen molar-refractivity contribution in [2.75, 3.05) is 0 Å². The van der Waals surface area contributed by atoms with Gasteiger partial charge in [0.15, 0.2) is 0 Å². The van der Waals surface area contributed by atoms with E-state index >= 15 is 0 Å². The van der Waals surface area contributed by atoms with Gasteiger partial charge in [-0.2, -0.15) is 0 Å². The van der Waals surface area contributed by atoms with Crippen LogP contribution in [0, 0.1) is 23.7 Å². The van der Waals surface area contributed by atoms with Crippen LogP contribution in [0.25, 0.3) is 0 Å². The van der Waals surface area contributed by atoms with Crippen LogP contribution in [0.2, 0.25) is 0 Å². The van der Waals surface area contributed by atoms with Crippen LogP contribution in [0.1, 0.15) is 2.85 Å². The minimum absolute atomic E-state index is 0. The molecule has 0 heterocycles. The van der Waals surface area contributed by atoms with Gasteiger partial charge in [-0.25, -0.2) is 0 Å². The molecule has 0 amide bonds. The predicted molar refractivity (Wildman–Crippen MR) is 17.9 cm³/mol. The second-order valence-corrected chi connectivity index (χ2v) is 0. The molecule has 0 atom stereocenters. The van der Waals surface area contributed by atoms with Gasteiger partial charge in [-0.1, -0.05) is 0 Å². The van der Waals surface area contributed by atoms with Crippen LogP contribution in [0.3, 0.4) is 0 Å². The van der Waals surface area contributed by atoms with Gasteiger partial charge in [0.25, 0.3) is 0 Å². The van der Waals surface area contributed by atoms with Gasteiger partial charge in [0.2, 0.25) is 0 Å². The average Bonchev–Trinajstić information content (AvgIpc) is 1.50. The minimum Gasteiger partial charge on any atom is -1.00 e. The molecule has 0 aliphatic carbocycles. The van der Waals surface area contributed by atoms with E-state index in [9.17, 15) is 0 Å². The summed E-state index contributed by atoms with van der Waals surface area (Å²) in [4.78, 5) is 0. The van der Waals surface area contributed by atoms with Gasteiger partial charge >= 0.3 is 27.2 Å². The van der Waals surface area contributed by atoms with E-state index in [-0.39, 0.29) is 30.0 Å². The summed E-state index contributed by atoms with van der Waals surface area (Å²) in [5.74, 6) is 0. The summed E-state index contributed by atoms with van der Waals surface area (Å²) in [5, 5.41) is 12.5. The molecule has 0 aliphatic heterocycles. The van der Waals surface area contributed by atoms with Crippen molar-refractivity contribution in [3.05, 3.63) is 13.1 Å². The molecule has 4 heteroatoms. The van der Waals surface area contributed by atoms with Crippen LogP contribution < -0.4 is 0 Å². The number of rotatable bonds is 0. The molecule has 0 saturated heterocycles. The van der Waals surface area contributed by atoms with E-state index in [1.165, 1.54) is 0 Å². The van der Waals surface area contributed by atoms with Crippen LogP contribution in [0.5, 0.6) is 0 Å². The fourth-order valence-corrected chi connectivity index (χ4v) is 0. The Hall–Kier alpha value is -0.332. The molecule has 0 spiro atoms. The molecule has 2 nitrogen and oxygen atoms in total. The number of nitrogens with zero attached hydrogens (tertiary/aromatic N) is 2. The summed E-state index contributed by atoms with van der Waals surface area (Å²) in [5.41, 5.74) is 0. The molecule has 0 aromatic carbocycles. The zero-order valence-electron chi connectivity index (χ0n) is 4.90. The first kappa shape index (κ1) is 44.4. The molecule has 1 radical (unpaired) electrons. The SMILES string of the molecule is [Be+2].[C-]#N.[C-]#N.[Cu+2].[H-].[H-]. The standard InChI is InChI=1S/2CN.Be.Cu.2H/c2*1-2;;;;/q2*-1;2*+2;2*-1. The summed E-state index contributed by atoms with van der Waals surface area (Å²) >= 11 is 0. The quantitative estimate of drug-likeness (QED) is 0.340. The fourth-order valence-electron chi connectivity index (χ4n) is 0. The zero-order chi connectivity index (χ0) is 4.00. The van der Waals surface area contributed by atoms with Gasteiger partial charge in [0.1, 0.15) is 0 Å². The predicted octanol–water partition coefficient (Wildman–Crippen LogP) is 0.0344. The van der Waals surface area contributed by atoms with Crippen molar-refractivity contribution >= 4 is 10.1 Å². The van der Waals surface area contributed by atoms with E-state index in [0.29, 0.717) is 0 Å². The van der Waals surface area contributed by atoms with Gasteiger partial charge in [-0.05, 0) is 0 Å². The van der Waals surface area contributed by atoms with Crippen LogP contribution in [0.4, 0.5) is 0 Å². The van der Waals surface area contributed by atoms with E-state index in [0.717, 1.165) is 0 Å². The van der Waals surface area contributed by atoms with Crippen LogP contribution in [-0.4, -0.2) is 10.1 Å². The first-order valence-corrected chi connectivity index (χ1v) is 0.447. The van der Waals surface area contributed by atoms with E-state index in [2.05, 4.69) is 0 Å². The van der Waals surface area contributed by atoms with Crippen molar-refractivity contribution in [1.82, 2.24) is 0 Å². The largest absolute Gasteiger partial charge is 2.00 e. The van der Waals surface area contributed by atoms with Gasteiger partial charge in [-0.3, -0.25) is 0 Å². The maximum atomic E-state index is 6.25. The Morgan fingerprint density at radius 1 is 1.00 bits per heavy atom. The Labute approximate surface area is 54.4 Å². The summed E-state index contributed by atoms with van der Waals surface area (Å²) in [6.07, 6.45) is 0. The number of hydrogen-bond donors (Lipinski definition) is 0. The smallest absolute Gasteiger partial charge is 1.00 e. The molecular weight excluding hydrogens is 125 g/mol. The molecule has 0 bridgehead atoms. The zero-order valence-corrected chi connectivity index (χ0v) is 3.84. The van der Waals surface area contributed by atoms with Gasteiger partial charge in [0.05, 0.1) is 0 Å². The topological polar surface area (TPSA) is 47.6 Å². The van der Waals surface area contributed by atoms with Crippen LogP contribution in [0.15, 0.2) is 0 Å². The minimum atomic E-state index is 0. The Kier molecular flexibility index (Phi) is 4220. The first-order chi connectivity index (χ1) is 2.00. The molecule has 6 heavy (non-hydrogen) atoms. The van der Waals surface area contributed by atoms with E-state index in [4.69, 9.17) is 23.7 Å². The molecule has 0 fully saturated rings. The Bertz CT molecular complexity index is 33.5. The summed E-state index contributed by atoms with van der Waals surface area (Å²) in [6.45, 7) is 9.50. The molecule has 0 saturated carbocycles. The number of hydrogen-bond acceptors (Lipinski definition) is 2. The second-order valence-electron chi connectivity index (χ2n) is 0. The van der Waals surface area contributed by atoms with Crippen molar-refractivity contribution in [3.8, 4) is 0 Å². The van der Waals surface area contributed by atoms with Crippen molar-refractivity contribution in [2.45, 2.75) is 0 Å². The summed E-state index contributed by atoms with van der Waals surface area (Å²) in [6, 6.07) is 0.